The van der Waals surface area contributed by atoms with Gasteiger partial charge >= 0.3 is 0 Å². The Morgan fingerprint density at radius 2 is 1.90 bits per heavy atom. The number of nitrogens with one attached hydrogen (secondary N) is 1. The van der Waals surface area contributed by atoms with Crippen molar-refractivity contribution in [1.29, 1.82) is 0 Å². The number of nitrogens with two attached hydrogens (primary N) is 1. The van der Waals surface area contributed by atoms with Crippen LogP contribution in [0.1, 0.15) is 24.1 Å². The van der Waals surface area contributed by atoms with Gasteiger partial charge in [0.1, 0.15) is 5.01 Å². The number of hydrogen-bond acceptors (Lipinski definition) is 5. The second-order valence-electron chi connectivity index (χ2n) is 7.91. The van der Waals surface area contributed by atoms with Crippen molar-refractivity contribution in [2.24, 2.45) is 11.7 Å². The average Bonchev–Trinajstić information content (AvgIpc) is 3.24. The molecule has 0 aliphatic carbocycles. The minimum absolute atomic E-state index is 0.0552. The van der Waals surface area contributed by atoms with E-state index in [9.17, 15) is 9.59 Å². The van der Waals surface area contributed by atoms with Crippen LogP contribution in [0.5, 0.6) is 0 Å². The molecule has 3 aromatic rings. The Morgan fingerprint density at radius 3 is 2.65 bits per heavy atom. The van der Waals surface area contributed by atoms with Crippen LogP contribution in [0, 0.1) is 5.92 Å². The standard InChI is InChI=1S/C24H26N4O2S/c25-23(30)19-7-4-12-28(15-19)14-17-8-10-20(11-9-17)26-22(29)13-21-16-31-24(27-21)18-5-2-1-3-6-18/h1-3,5-6,8-11,16,19H,4,7,12-15H2,(H2,25,30)(H,26,29). The van der Waals surface area contributed by atoms with Crippen LogP contribution < -0.4 is 11.1 Å². The lowest BCUT2D eigenvalue weighted by Crippen LogP contribution is -2.40. The van der Waals surface area contributed by atoms with E-state index in [0.29, 0.717) is 6.54 Å². The normalized spacial score (nSPS) is 16.7. The lowest BCUT2D eigenvalue weighted by molar-refractivity contribution is -0.123. The van der Waals surface area contributed by atoms with Gasteiger partial charge in [-0.25, -0.2) is 4.98 Å². The third-order valence-electron chi connectivity index (χ3n) is 5.47. The molecule has 2 aromatic carbocycles. The lowest BCUT2D eigenvalue weighted by Gasteiger charge is -2.31. The zero-order valence-electron chi connectivity index (χ0n) is 17.3. The fourth-order valence-electron chi connectivity index (χ4n) is 3.85. The molecular formula is C24H26N4O2S. The van der Waals surface area contributed by atoms with Crippen molar-refractivity contribution in [2.45, 2.75) is 25.8 Å². The fourth-order valence-corrected chi connectivity index (χ4v) is 4.68. The number of rotatable bonds is 7. The molecule has 160 valence electrons. The molecule has 1 aliphatic rings. The highest BCUT2D eigenvalue weighted by atomic mass is 32.1. The molecule has 2 amide bonds. The molecule has 1 fully saturated rings. The zero-order chi connectivity index (χ0) is 21.6. The summed E-state index contributed by atoms with van der Waals surface area (Å²) in [7, 11) is 0. The molecule has 0 saturated carbocycles. The molecule has 0 bridgehead atoms. The van der Waals surface area contributed by atoms with E-state index in [4.69, 9.17) is 5.73 Å². The second-order valence-corrected chi connectivity index (χ2v) is 8.77. The maximum absolute atomic E-state index is 12.4. The van der Waals surface area contributed by atoms with Crippen molar-refractivity contribution in [2.75, 3.05) is 18.4 Å². The molecule has 0 radical (unpaired) electrons. The van der Waals surface area contributed by atoms with Crippen LogP contribution in [-0.4, -0.2) is 34.8 Å². The van der Waals surface area contributed by atoms with E-state index < -0.39 is 0 Å². The summed E-state index contributed by atoms with van der Waals surface area (Å²) in [6, 6.07) is 17.8. The summed E-state index contributed by atoms with van der Waals surface area (Å²) < 4.78 is 0. The van der Waals surface area contributed by atoms with Gasteiger partial charge in [-0.1, -0.05) is 42.5 Å². The Hall–Kier alpha value is -3.03. The third-order valence-corrected chi connectivity index (χ3v) is 6.41. The van der Waals surface area contributed by atoms with Gasteiger partial charge in [0.2, 0.25) is 11.8 Å². The van der Waals surface area contributed by atoms with Crippen LogP contribution in [0.4, 0.5) is 5.69 Å². The first-order chi connectivity index (χ1) is 15.1. The lowest BCUT2D eigenvalue weighted by atomic mass is 9.97. The number of nitrogens with zero attached hydrogens (tertiary/aromatic N) is 2. The highest BCUT2D eigenvalue weighted by molar-refractivity contribution is 7.13. The zero-order valence-corrected chi connectivity index (χ0v) is 18.1. The number of primary amides is 1. The number of carbonyl (C=O) groups is 2. The van der Waals surface area contributed by atoms with Crippen LogP contribution in [0.3, 0.4) is 0 Å². The molecule has 31 heavy (non-hydrogen) atoms. The van der Waals surface area contributed by atoms with Gasteiger partial charge in [0.25, 0.3) is 0 Å². The SMILES string of the molecule is NC(=O)C1CCCN(Cc2ccc(NC(=O)Cc3csc(-c4ccccc4)n3)cc2)C1. The number of anilines is 1. The number of amides is 2. The fraction of sp³-hybridized carbons (Fsp3) is 0.292. The van der Waals surface area contributed by atoms with E-state index in [2.05, 4.69) is 15.2 Å². The molecule has 1 unspecified atom stereocenters. The summed E-state index contributed by atoms with van der Waals surface area (Å²) in [5, 5.41) is 5.80. The van der Waals surface area contributed by atoms with Gasteiger partial charge in [-0.3, -0.25) is 14.5 Å². The van der Waals surface area contributed by atoms with Crippen molar-refractivity contribution in [1.82, 2.24) is 9.88 Å². The topological polar surface area (TPSA) is 88.3 Å². The first kappa shape index (κ1) is 21.2. The number of thiazole rings is 1. The Morgan fingerprint density at radius 1 is 1.13 bits per heavy atom. The maximum atomic E-state index is 12.4. The van der Waals surface area contributed by atoms with Crippen LogP contribution in [0.15, 0.2) is 60.0 Å². The van der Waals surface area contributed by atoms with Gasteiger partial charge in [-0.2, -0.15) is 0 Å². The Labute approximate surface area is 186 Å². The maximum Gasteiger partial charge on any atom is 0.230 e. The number of piperidine rings is 1. The molecule has 1 atom stereocenters. The second kappa shape index (κ2) is 9.85. The third kappa shape index (κ3) is 5.77. The molecule has 3 N–H and O–H groups in total. The average molecular weight is 435 g/mol. The Bertz CT molecular complexity index is 1030. The summed E-state index contributed by atoms with van der Waals surface area (Å²) in [4.78, 5) is 30.7. The molecule has 1 aromatic heterocycles. The smallest absolute Gasteiger partial charge is 0.230 e. The van der Waals surface area contributed by atoms with E-state index >= 15 is 0 Å². The van der Waals surface area contributed by atoms with Crippen molar-refractivity contribution in [3.05, 3.63) is 71.2 Å². The van der Waals surface area contributed by atoms with Crippen LogP contribution >= 0.6 is 11.3 Å². The Balaban J connectivity index is 1.29. The molecule has 2 heterocycles. The molecule has 4 rings (SSSR count). The van der Waals surface area contributed by atoms with E-state index in [1.807, 2.05) is 60.0 Å². The molecule has 1 saturated heterocycles. The molecule has 1 aliphatic heterocycles. The number of aromatic nitrogens is 1. The van der Waals surface area contributed by atoms with Crippen molar-refractivity contribution in [3.8, 4) is 10.6 Å². The summed E-state index contributed by atoms with van der Waals surface area (Å²) in [6.45, 7) is 2.46. The number of carbonyl (C=O) groups excluding carboxylic acids is 2. The van der Waals surface area contributed by atoms with Crippen molar-refractivity contribution in [3.63, 3.8) is 0 Å². The van der Waals surface area contributed by atoms with Gasteiger partial charge < -0.3 is 11.1 Å². The monoisotopic (exact) mass is 434 g/mol. The van der Waals surface area contributed by atoms with Crippen molar-refractivity contribution < 1.29 is 9.59 Å². The van der Waals surface area contributed by atoms with E-state index in [1.54, 1.807) is 11.3 Å². The van der Waals surface area contributed by atoms with Crippen molar-refractivity contribution >= 4 is 28.8 Å². The van der Waals surface area contributed by atoms with E-state index in [-0.39, 0.29) is 24.2 Å². The van der Waals surface area contributed by atoms with Crippen LogP contribution in [0.25, 0.3) is 10.6 Å². The summed E-state index contributed by atoms with van der Waals surface area (Å²) in [5.74, 6) is -0.350. The largest absolute Gasteiger partial charge is 0.369 e. The van der Waals surface area contributed by atoms with Gasteiger partial charge in [-0.05, 0) is 37.1 Å². The van der Waals surface area contributed by atoms with Gasteiger partial charge in [-0.15, -0.1) is 11.3 Å². The van der Waals surface area contributed by atoms with Gasteiger partial charge in [0, 0.05) is 29.7 Å². The molecular weight excluding hydrogens is 408 g/mol. The summed E-state index contributed by atoms with van der Waals surface area (Å²) in [6.07, 6.45) is 2.11. The minimum Gasteiger partial charge on any atom is -0.369 e. The summed E-state index contributed by atoms with van der Waals surface area (Å²) >= 11 is 1.55. The number of likely N-dealkylation sites (tertiary alicyclic amines) is 1. The number of hydrogen-bond donors (Lipinski definition) is 2. The summed E-state index contributed by atoms with van der Waals surface area (Å²) in [5.41, 5.74) is 9.21. The van der Waals surface area contributed by atoms with Crippen LogP contribution in [-0.2, 0) is 22.6 Å². The van der Waals surface area contributed by atoms with E-state index in [1.165, 1.54) is 0 Å². The quantitative estimate of drug-likeness (QED) is 0.594. The number of benzene rings is 2. The predicted molar refractivity (Wildman–Crippen MR) is 124 cm³/mol. The molecule has 0 spiro atoms. The molecule has 6 nitrogen and oxygen atoms in total. The molecule has 7 heteroatoms. The van der Waals surface area contributed by atoms with Gasteiger partial charge in [0.15, 0.2) is 0 Å². The predicted octanol–water partition coefficient (Wildman–Crippen LogP) is 3.69. The Kier molecular flexibility index (Phi) is 6.74. The first-order valence-corrected chi connectivity index (χ1v) is 11.3. The first-order valence-electron chi connectivity index (χ1n) is 10.5. The van der Waals surface area contributed by atoms with E-state index in [0.717, 1.165) is 53.4 Å². The van der Waals surface area contributed by atoms with Gasteiger partial charge in [0.05, 0.1) is 18.0 Å². The van der Waals surface area contributed by atoms with Crippen LogP contribution in [0.2, 0.25) is 0 Å². The minimum atomic E-state index is -0.209. The highest BCUT2D eigenvalue weighted by Gasteiger charge is 2.23. The highest BCUT2D eigenvalue weighted by Crippen LogP contribution is 2.24.